The van der Waals surface area contributed by atoms with Crippen molar-refractivity contribution in [3.05, 3.63) is 24.3 Å². The minimum absolute atomic E-state index is 0.00776. The number of unbranched alkanes of at least 4 members (excludes halogenated alkanes) is 3. The maximum Gasteiger partial charge on any atom is 0.303 e. The maximum atomic E-state index is 10.5. The summed E-state index contributed by atoms with van der Waals surface area (Å²) in [5.41, 5.74) is 0. The van der Waals surface area contributed by atoms with Crippen molar-refractivity contribution in [1.82, 2.24) is 0 Å². The van der Waals surface area contributed by atoms with E-state index in [2.05, 4.69) is 13.0 Å². The van der Waals surface area contributed by atoms with Crippen LogP contribution in [0.25, 0.3) is 0 Å². The maximum absolute atomic E-state index is 10.5. The number of aliphatic carboxylic acids is 1. The number of hydrogen-bond donors (Lipinski definition) is 4. The smallest absolute Gasteiger partial charge is 0.303 e. The van der Waals surface area contributed by atoms with Crippen molar-refractivity contribution in [2.75, 3.05) is 0 Å². The monoisotopic (exact) mass is 370 g/mol. The number of hydrogen-bond acceptors (Lipinski definition) is 5. The van der Waals surface area contributed by atoms with Crippen LogP contribution in [-0.2, 0) is 9.53 Å². The van der Waals surface area contributed by atoms with Crippen LogP contribution in [0.5, 0.6) is 0 Å². The third-order valence-electron chi connectivity index (χ3n) is 4.55. The number of carbonyl (C=O) groups is 1. The average molecular weight is 370 g/mol. The Kier molecular flexibility index (Phi) is 11.4. The molecule has 1 aliphatic rings. The van der Waals surface area contributed by atoms with E-state index in [9.17, 15) is 20.1 Å². The van der Waals surface area contributed by atoms with E-state index in [0.29, 0.717) is 25.7 Å². The summed E-state index contributed by atoms with van der Waals surface area (Å²) in [6, 6.07) is 0. The molecule has 6 nitrogen and oxygen atoms in total. The molecule has 1 heterocycles. The topological polar surface area (TPSA) is 107 Å². The van der Waals surface area contributed by atoms with Gasteiger partial charge in [0.1, 0.15) is 6.10 Å². The first-order chi connectivity index (χ1) is 12.4. The lowest BCUT2D eigenvalue weighted by Crippen LogP contribution is -2.26. The molecule has 1 fully saturated rings. The second-order valence-corrected chi connectivity index (χ2v) is 6.95. The molecule has 0 unspecified atom stereocenters. The first-order valence-electron chi connectivity index (χ1n) is 9.68. The molecule has 0 amide bonds. The average Bonchev–Trinajstić information content (AvgIpc) is 2.96. The Balaban J connectivity index is 2.31. The van der Waals surface area contributed by atoms with Crippen LogP contribution in [0.15, 0.2) is 24.3 Å². The van der Waals surface area contributed by atoms with E-state index in [1.807, 2.05) is 6.08 Å². The number of carboxylic acid groups (broad SMARTS) is 1. The highest BCUT2D eigenvalue weighted by Crippen LogP contribution is 2.26. The number of rotatable bonds is 13. The Hall–Kier alpha value is -1.21. The minimum atomic E-state index is -0.890. The largest absolute Gasteiger partial charge is 0.481 e. The quantitative estimate of drug-likeness (QED) is 0.293. The first-order valence-corrected chi connectivity index (χ1v) is 9.68. The van der Waals surface area contributed by atoms with Gasteiger partial charge >= 0.3 is 5.97 Å². The molecule has 0 aromatic heterocycles. The SMILES string of the molecule is CCCCC/C=C\C[C@H](O)/C=C/[C@@H]1O[C@H]([C@H](O)CCCC(=O)O)C[C@H]1O. The van der Waals surface area contributed by atoms with E-state index in [1.54, 1.807) is 12.2 Å². The molecule has 0 saturated carbocycles. The number of allylic oxidation sites excluding steroid dienone is 1. The van der Waals surface area contributed by atoms with Crippen LogP contribution in [0.4, 0.5) is 0 Å². The first kappa shape index (κ1) is 22.8. The van der Waals surface area contributed by atoms with Gasteiger partial charge in [-0.2, -0.15) is 0 Å². The van der Waals surface area contributed by atoms with Gasteiger partial charge in [-0.3, -0.25) is 4.79 Å². The summed E-state index contributed by atoms with van der Waals surface area (Å²) in [6.45, 7) is 2.16. The summed E-state index contributed by atoms with van der Waals surface area (Å²) < 4.78 is 5.65. The lowest BCUT2D eigenvalue weighted by Gasteiger charge is -2.17. The summed E-state index contributed by atoms with van der Waals surface area (Å²) in [5, 5.41) is 38.7. The molecular weight excluding hydrogens is 336 g/mol. The zero-order valence-corrected chi connectivity index (χ0v) is 15.7. The lowest BCUT2D eigenvalue weighted by molar-refractivity contribution is -0.137. The fourth-order valence-electron chi connectivity index (χ4n) is 2.97. The van der Waals surface area contributed by atoms with E-state index in [-0.39, 0.29) is 6.42 Å². The molecular formula is C20H34O6. The molecule has 1 saturated heterocycles. The summed E-state index contributed by atoms with van der Waals surface area (Å²) >= 11 is 0. The van der Waals surface area contributed by atoms with E-state index in [0.717, 1.165) is 12.8 Å². The van der Waals surface area contributed by atoms with Crippen molar-refractivity contribution in [3.63, 3.8) is 0 Å². The summed E-state index contributed by atoms with van der Waals surface area (Å²) in [4.78, 5) is 10.5. The molecule has 0 spiro atoms. The fourth-order valence-corrected chi connectivity index (χ4v) is 2.97. The van der Waals surface area contributed by atoms with Crippen LogP contribution in [0, 0.1) is 0 Å². The molecule has 1 rings (SSSR count). The highest BCUT2D eigenvalue weighted by Gasteiger charge is 2.36. The minimum Gasteiger partial charge on any atom is -0.481 e. The summed E-state index contributed by atoms with van der Waals surface area (Å²) in [7, 11) is 0. The Labute approximate surface area is 156 Å². The van der Waals surface area contributed by atoms with Crippen molar-refractivity contribution in [1.29, 1.82) is 0 Å². The van der Waals surface area contributed by atoms with Crippen LogP contribution < -0.4 is 0 Å². The third-order valence-corrected chi connectivity index (χ3v) is 4.55. The predicted molar refractivity (Wildman–Crippen MR) is 99.8 cm³/mol. The Morgan fingerprint density at radius 1 is 1.23 bits per heavy atom. The van der Waals surface area contributed by atoms with Gasteiger partial charge in [0.2, 0.25) is 0 Å². The van der Waals surface area contributed by atoms with Gasteiger partial charge in [-0.05, 0) is 32.1 Å². The zero-order chi connectivity index (χ0) is 19.4. The van der Waals surface area contributed by atoms with Crippen molar-refractivity contribution >= 4 is 5.97 Å². The van der Waals surface area contributed by atoms with E-state index < -0.39 is 36.5 Å². The van der Waals surface area contributed by atoms with Gasteiger partial charge < -0.3 is 25.2 Å². The molecule has 1 aliphatic heterocycles. The normalized spacial score (nSPS) is 25.9. The van der Waals surface area contributed by atoms with Crippen molar-refractivity contribution in [2.45, 2.75) is 95.2 Å². The third kappa shape index (κ3) is 9.48. The van der Waals surface area contributed by atoms with Crippen LogP contribution >= 0.6 is 0 Å². The van der Waals surface area contributed by atoms with Crippen molar-refractivity contribution in [3.8, 4) is 0 Å². The number of ether oxygens (including phenoxy) is 1. The molecule has 5 atom stereocenters. The van der Waals surface area contributed by atoms with Gasteiger partial charge in [0.15, 0.2) is 0 Å². The molecule has 0 radical (unpaired) electrons. The van der Waals surface area contributed by atoms with Gasteiger partial charge in [0.25, 0.3) is 0 Å². The highest BCUT2D eigenvalue weighted by molar-refractivity contribution is 5.66. The predicted octanol–water partition coefficient (Wildman–Crippen LogP) is 2.56. The van der Waals surface area contributed by atoms with Crippen LogP contribution in [0.2, 0.25) is 0 Å². The Morgan fingerprint density at radius 2 is 2.00 bits per heavy atom. The second-order valence-electron chi connectivity index (χ2n) is 6.95. The summed E-state index contributed by atoms with van der Waals surface area (Å²) in [6.07, 6.45) is 10.2. The number of carboxylic acids is 1. The zero-order valence-electron chi connectivity index (χ0n) is 15.7. The van der Waals surface area contributed by atoms with E-state index >= 15 is 0 Å². The van der Waals surface area contributed by atoms with Crippen LogP contribution in [-0.4, -0.2) is 56.9 Å². The Bertz CT molecular complexity index is 448. The van der Waals surface area contributed by atoms with Gasteiger partial charge in [-0.25, -0.2) is 0 Å². The molecule has 4 N–H and O–H groups in total. The van der Waals surface area contributed by atoms with Crippen molar-refractivity contribution in [2.24, 2.45) is 0 Å². The van der Waals surface area contributed by atoms with Gasteiger partial charge in [0, 0.05) is 12.8 Å². The summed E-state index contributed by atoms with van der Waals surface area (Å²) in [5.74, 6) is -0.890. The fraction of sp³-hybridized carbons (Fsp3) is 0.750. The van der Waals surface area contributed by atoms with E-state index in [1.165, 1.54) is 12.8 Å². The van der Waals surface area contributed by atoms with Gasteiger partial charge in [-0.15, -0.1) is 0 Å². The molecule has 0 aromatic carbocycles. The molecule has 6 heteroatoms. The second kappa shape index (κ2) is 13.0. The molecule has 150 valence electrons. The van der Waals surface area contributed by atoms with E-state index in [4.69, 9.17) is 9.84 Å². The molecule has 0 bridgehead atoms. The highest BCUT2D eigenvalue weighted by atomic mass is 16.5. The Morgan fingerprint density at radius 3 is 2.69 bits per heavy atom. The van der Waals surface area contributed by atoms with Gasteiger partial charge in [-0.1, -0.05) is 44.1 Å². The van der Waals surface area contributed by atoms with Crippen molar-refractivity contribution < 1.29 is 30.0 Å². The van der Waals surface area contributed by atoms with Crippen LogP contribution in [0.3, 0.4) is 0 Å². The number of aliphatic hydroxyl groups excluding tert-OH is 3. The number of aliphatic hydroxyl groups is 3. The van der Waals surface area contributed by atoms with Gasteiger partial charge in [0.05, 0.1) is 24.4 Å². The molecule has 0 aromatic rings. The molecule has 0 aliphatic carbocycles. The van der Waals surface area contributed by atoms with Crippen LogP contribution in [0.1, 0.15) is 64.7 Å². The standard InChI is InChI=1S/C20H34O6/c1-2-3-4-5-6-7-9-15(21)12-13-18-17(23)14-19(26-18)16(22)10-8-11-20(24)25/h6-7,12-13,15-19,21-23H,2-5,8-11,14H2,1H3,(H,24,25)/b7-6-,13-12+/t15-,16+,17+,18-,19-/m0/s1. The lowest BCUT2D eigenvalue weighted by atomic mass is 10.0. The molecule has 26 heavy (non-hydrogen) atoms.